The van der Waals surface area contributed by atoms with Gasteiger partial charge in [0, 0.05) is 16.7 Å². The minimum atomic E-state index is -0.378. The van der Waals surface area contributed by atoms with Crippen molar-refractivity contribution >= 4 is 17.5 Å². The van der Waals surface area contributed by atoms with Crippen LogP contribution in [0, 0.1) is 0 Å². The Morgan fingerprint density at radius 2 is 1.96 bits per heavy atom. The first kappa shape index (κ1) is 18.9. The molecule has 1 heterocycles. The molecule has 6 heteroatoms. The van der Waals surface area contributed by atoms with Crippen LogP contribution in [0.4, 0.5) is 0 Å². The zero-order valence-electron chi connectivity index (χ0n) is 15.0. The lowest BCUT2D eigenvalue weighted by Gasteiger charge is -2.13. The van der Waals surface area contributed by atoms with Gasteiger partial charge in [-0.05, 0) is 36.8 Å². The van der Waals surface area contributed by atoms with Crippen LogP contribution in [-0.2, 0) is 0 Å². The molecule has 0 N–H and O–H groups in total. The first-order valence-corrected chi connectivity index (χ1v) is 9.17. The average molecular weight is 382 g/mol. The maximum absolute atomic E-state index is 12.4. The van der Waals surface area contributed by atoms with Gasteiger partial charge in [-0.3, -0.25) is 4.79 Å². The predicted octanol–water partition coefficient (Wildman–Crippen LogP) is 4.45. The van der Waals surface area contributed by atoms with Gasteiger partial charge in [0.05, 0.1) is 23.8 Å². The van der Waals surface area contributed by atoms with E-state index >= 15 is 0 Å². The lowest BCUT2D eigenvalue weighted by atomic mass is 10.2. The minimum absolute atomic E-state index is 0.378. The third-order valence-corrected chi connectivity index (χ3v) is 4.07. The Labute approximate surface area is 162 Å². The fourth-order valence-electron chi connectivity index (χ4n) is 2.45. The molecule has 27 heavy (non-hydrogen) atoms. The summed E-state index contributed by atoms with van der Waals surface area (Å²) in [6.07, 6.45) is 3.50. The smallest absolute Gasteiger partial charge is 0.277 e. The molecular formula is C21H20ClN3O2. The summed E-state index contributed by atoms with van der Waals surface area (Å²) in [5.74, 6) is 0.158. The highest BCUT2D eigenvalue weighted by atomic mass is 35.5. The van der Waals surface area contributed by atoms with Crippen LogP contribution in [-0.4, -0.2) is 22.3 Å². The van der Waals surface area contributed by atoms with Gasteiger partial charge in [0.15, 0.2) is 0 Å². The van der Waals surface area contributed by atoms with E-state index in [1.165, 1.54) is 0 Å². The molecule has 0 saturated heterocycles. The monoisotopic (exact) mass is 381 g/mol. The van der Waals surface area contributed by atoms with Crippen LogP contribution >= 0.6 is 11.6 Å². The van der Waals surface area contributed by atoms with E-state index in [1.807, 2.05) is 30.3 Å². The van der Waals surface area contributed by atoms with Gasteiger partial charge in [0.2, 0.25) is 5.88 Å². The van der Waals surface area contributed by atoms with E-state index in [9.17, 15) is 4.79 Å². The van der Waals surface area contributed by atoms with Crippen molar-refractivity contribution in [2.45, 2.75) is 19.8 Å². The average Bonchev–Trinajstić information content (AvgIpc) is 2.69. The molecule has 0 aliphatic heterocycles. The number of rotatable bonds is 6. The molecule has 138 valence electrons. The van der Waals surface area contributed by atoms with Gasteiger partial charge in [-0.15, -0.1) is 0 Å². The number of carbonyl (C=O) groups is 1. The molecule has 5 nitrogen and oxygen atoms in total. The molecule has 0 atom stereocenters. The quantitative estimate of drug-likeness (QED) is 0.593. The molecule has 2 aromatic carbocycles. The number of amides is 1. The Balaban J connectivity index is 1.97. The largest absolute Gasteiger partial charge is 0.478 e. The van der Waals surface area contributed by atoms with Gasteiger partial charge in [-0.1, -0.05) is 49.2 Å². The van der Waals surface area contributed by atoms with Crippen molar-refractivity contribution in [3.8, 4) is 11.6 Å². The molecule has 1 amide bonds. The number of hydrogen-bond acceptors (Lipinski definition) is 3. The number of hydrogen-bond donors (Lipinski definition) is 0. The van der Waals surface area contributed by atoms with Gasteiger partial charge in [-0.2, -0.15) is 5.10 Å². The van der Waals surface area contributed by atoms with E-state index in [0.717, 1.165) is 18.5 Å². The van der Waals surface area contributed by atoms with Crippen LogP contribution < -0.4 is 10.1 Å². The molecular weight excluding hydrogens is 362 g/mol. The van der Waals surface area contributed by atoms with Gasteiger partial charge in [0.25, 0.3) is 5.91 Å². The normalized spacial score (nSPS) is 11.4. The Kier molecular flexibility index (Phi) is 6.39. The number of ether oxygens (including phenoxy) is 1. The van der Waals surface area contributed by atoms with Crippen LogP contribution in [0.1, 0.15) is 30.1 Å². The molecule has 3 rings (SSSR count). The van der Waals surface area contributed by atoms with E-state index in [4.69, 9.17) is 16.3 Å². The molecule has 0 saturated carbocycles. The van der Waals surface area contributed by atoms with Crippen LogP contribution in [0.25, 0.3) is 5.69 Å². The molecule has 0 radical (unpaired) electrons. The summed E-state index contributed by atoms with van der Waals surface area (Å²) >= 11 is 5.95. The van der Waals surface area contributed by atoms with Crippen molar-refractivity contribution in [1.82, 2.24) is 9.78 Å². The third kappa shape index (κ3) is 5.05. The first-order valence-electron chi connectivity index (χ1n) is 8.79. The number of halogens is 1. The fraction of sp³-hybridized carbons (Fsp3) is 0.190. The van der Waals surface area contributed by atoms with E-state index in [-0.39, 0.29) is 5.91 Å². The van der Waals surface area contributed by atoms with Crippen molar-refractivity contribution in [3.63, 3.8) is 0 Å². The predicted molar refractivity (Wildman–Crippen MR) is 105 cm³/mol. The lowest BCUT2D eigenvalue weighted by Crippen LogP contribution is -2.15. The van der Waals surface area contributed by atoms with Crippen molar-refractivity contribution in [2.75, 3.05) is 6.61 Å². The number of para-hydroxylation sites is 1. The molecule has 0 aliphatic rings. The Morgan fingerprint density at radius 3 is 2.70 bits per heavy atom. The van der Waals surface area contributed by atoms with Gasteiger partial charge in [-0.25, -0.2) is 9.67 Å². The summed E-state index contributed by atoms with van der Waals surface area (Å²) in [4.78, 5) is 16.5. The van der Waals surface area contributed by atoms with Crippen LogP contribution in [0.2, 0.25) is 5.02 Å². The van der Waals surface area contributed by atoms with Crippen LogP contribution in [0.15, 0.2) is 71.9 Å². The minimum Gasteiger partial charge on any atom is -0.478 e. The van der Waals surface area contributed by atoms with Crippen molar-refractivity contribution in [3.05, 3.63) is 82.8 Å². The molecule has 3 aromatic rings. The Hall–Kier alpha value is -2.92. The Morgan fingerprint density at radius 1 is 1.15 bits per heavy atom. The van der Waals surface area contributed by atoms with Crippen LogP contribution in [0.3, 0.4) is 0 Å². The molecule has 0 spiro atoms. The SMILES string of the molecule is CCCCOc1c/c(=N\C(=O)c2cccc(Cl)c2)cnn1-c1ccccc1. The maximum atomic E-state index is 12.4. The summed E-state index contributed by atoms with van der Waals surface area (Å²) in [5, 5.41) is 5.33. The molecule has 0 bridgehead atoms. The second-order valence-electron chi connectivity index (χ2n) is 5.93. The molecule has 1 aromatic heterocycles. The summed E-state index contributed by atoms with van der Waals surface area (Å²) in [7, 11) is 0. The van der Waals surface area contributed by atoms with E-state index in [2.05, 4.69) is 17.0 Å². The summed E-state index contributed by atoms with van der Waals surface area (Å²) < 4.78 is 7.58. The molecule has 0 fully saturated rings. The third-order valence-electron chi connectivity index (χ3n) is 3.84. The van der Waals surface area contributed by atoms with Gasteiger partial charge in [0.1, 0.15) is 0 Å². The van der Waals surface area contributed by atoms with Gasteiger partial charge < -0.3 is 4.74 Å². The molecule has 0 aliphatic carbocycles. The maximum Gasteiger partial charge on any atom is 0.277 e. The zero-order chi connectivity index (χ0) is 19.1. The lowest BCUT2D eigenvalue weighted by molar-refractivity contribution is 0.0998. The summed E-state index contributed by atoms with van der Waals surface area (Å²) in [5.41, 5.74) is 1.30. The number of unbranched alkanes of at least 4 members (excludes halogenated alkanes) is 1. The fourth-order valence-corrected chi connectivity index (χ4v) is 2.64. The van der Waals surface area contributed by atoms with E-state index in [1.54, 1.807) is 41.2 Å². The second kappa shape index (κ2) is 9.14. The van der Waals surface area contributed by atoms with E-state index < -0.39 is 0 Å². The number of aromatic nitrogens is 2. The number of benzene rings is 2. The second-order valence-corrected chi connectivity index (χ2v) is 6.37. The summed E-state index contributed by atoms with van der Waals surface area (Å²) in [6, 6.07) is 18.1. The highest BCUT2D eigenvalue weighted by Gasteiger charge is 2.08. The Bertz CT molecular complexity index is 984. The zero-order valence-corrected chi connectivity index (χ0v) is 15.8. The number of nitrogens with zero attached hydrogens (tertiary/aromatic N) is 3. The van der Waals surface area contributed by atoms with Crippen molar-refractivity contribution < 1.29 is 9.53 Å². The van der Waals surface area contributed by atoms with Crippen LogP contribution in [0.5, 0.6) is 5.88 Å². The highest BCUT2D eigenvalue weighted by Crippen LogP contribution is 2.15. The van der Waals surface area contributed by atoms with E-state index in [0.29, 0.717) is 28.4 Å². The first-order chi connectivity index (χ1) is 13.2. The van der Waals surface area contributed by atoms with Crippen molar-refractivity contribution in [2.24, 2.45) is 4.99 Å². The van der Waals surface area contributed by atoms with Crippen molar-refractivity contribution in [1.29, 1.82) is 0 Å². The standard InChI is InChI=1S/C21H20ClN3O2/c1-2-3-12-27-20-14-18(15-23-25(20)19-10-5-4-6-11-19)24-21(26)16-8-7-9-17(22)13-16/h4-11,13-15H,2-3,12H2,1H3/b24-18+. The molecule has 0 unspecified atom stereocenters. The van der Waals surface area contributed by atoms with Gasteiger partial charge >= 0.3 is 0 Å². The number of carbonyl (C=O) groups excluding carboxylic acids is 1. The summed E-state index contributed by atoms with van der Waals surface area (Å²) in [6.45, 7) is 2.67. The highest BCUT2D eigenvalue weighted by molar-refractivity contribution is 6.30. The topological polar surface area (TPSA) is 56.5 Å².